The average Bonchev–Trinajstić information content (AvgIpc) is 2.92. The van der Waals surface area contributed by atoms with Gasteiger partial charge in [-0.15, -0.1) is 11.3 Å². The van der Waals surface area contributed by atoms with E-state index in [0.717, 1.165) is 12.1 Å². The van der Waals surface area contributed by atoms with Crippen LogP contribution < -0.4 is 5.32 Å². The molecule has 0 aliphatic carbocycles. The van der Waals surface area contributed by atoms with Crippen molar-refractivity contribution < 1.29 is 0 Å². The first kappa shape index (κ1) is 10.7. The summed E-state index contributed by atoms with van der Waals surface area (Å²) in [7, 11) is 0. The van der Waals surface area contributed by atoms with E-state index in [1.54, 1.807) is 22.9 Å². The maximum absolute atomic E-state index is 4.48. The topological polar surface area (TPSA) is 24.9 Å². The van der Waals surface area contributed by atoms with Crippen LogP contribution >= 0.6 is 22.9 Å². The van der Waals surface area contributed by atoms with Gasteiger partial charge < -0.3 is 5.32 Å². The van der Waals surface area contributed by atoms with E-state index in [9.17, 15) is 0 Å². The van der Waals surface area contributed by atoms with Crippen molar-refractivity contribution >= 4 is 38.1 Å². The molecule has 0 saturated carbocycles. The standard InChI is InChI=1S/C13H12N2S2/c1-9-8-16-12-11(9)15-17-13(12)14-7-10-5-3-2-4-6-10/h2-6,8,14H,7H2,1H3. The van der Waals surface area contributed by atoms with E-state index in [-0.39, 0.29) is 0 Å². The first-order valence-corrected chi connectivity index (χ1v) is 7.11. The molecular weight excluding hydrogens is 248 g/mol. The van der Waals surface area contributed by atoms with Crippen molar-refractivity contribution in [2.75, 3.05) is 5.32 Å². The number of hydrogen-bond acceptors (Lipinski definition) is 4. The molecule has 3 rings (SSSR count). The predicted molar refractivity (Wildman–Crippen MR) is 76.0 cm³/mol. The molecular formula is C13H12N2S2. The Labute approximate surface area is 108 Å². The minimum atomic E-state index is 0.856. The highest BCUT2D eigenvalue weighted by molar-refractivity contribution is 7.23. The summed E-state index contributed by atoms with van der Waals surface area (Å²) >= 11 is 3.32. The molecule has 0 aliphatic rings. The van der Waals surface area contributed by atoms with Crippen molar-refractivity contribution in [1.82, 2.24) is 4.37 Å². The number of benzene rings is 1. The van der Waals surface area contributed by atoms with Crippen molar-refractivity contribution in [3.8, 4) is 0 Å². The van der Waals surface area contributed by atoms with Crippen LogP contribution in [0.3, 0.4) is 0 Å². The molecule has 0 fully saturated rings. The zero-order valence-corrected chi connectivity index (χ0v) is 11.1. The first-order valence-electron chi connectivity index (χ1n) is 5.46. The summed E-state index contributed by atoms with van der Waals surface area (Å²) in [6.45, 7) is 2.97. The molecule has 0 atom stereocenters. The molecule has 2 aromatic heterocycles. The van der Waals surface area contributed by atoms with E-state index >= 15 is 0 Å². The average molecular weight is 260 g/mol. The summed E-state index contributed by atoms with van der Waals surface area (Å²) in [5, 5.41) is 6.81. The summed E-state index contributed by atoms with van der Waals surface area (Å²) in [4.78, 5) is 0. The number of hydrogen-bond donors (Lipinski definition) is 1. The third kappa shape index (κ3) is 2.06. The number of rotatable bonds is 3. The monoisotopic (exact) mass is 260 g/mol. The largest absolute Gasteiger partial charge is 0.370 e. The van der Waals surface area contributed by atoms with Gasteiger partial charge in [0, 0.05) is 6.54 Å². The Kier molecular flexibility index (Phi) is 2.82. The van der Waals surface area contributed by atoms with Crippen LogP contribution in [0.1, 0.15) is 11.1 Å². The Morgan fingerprint density at radius 1 is 1.24 bits per heavy atom. The summed E-state index contributed by atoms with van der Waals surface area (Å²) in [5.41, 5.74) is 3.71. The highest BCUT2D eigenvalue weighted by Crippen LogP contribution is 2.34. The van der Waals surface area contributed by atoms with E-state index in [4.69, 9.17) is 0 Å². The highest BCUT2D eigenvalue weighted by atomic mass is 32.1. The number of fused-ring (bicyclic) bond motifs is 1. The van der Waals surface area contributed by atoms with Crippen molar-refractivity contribution in [2.45, 2.75) is 13.5 Å². The van der Waals surface area contributed by atoms with Crippen LogP contribution in [0.5, 0.6) is 0 Å². The number of thiophene rings is 1. The minimum absolute atomic E-state index is 0.856. The fourth-order valence-corrected chi connectivity index (χ4v) is 3.69. The van der Waals surface area contributed by atoms with Gasteiger partial charge in [-0.3, -0.25) is 0 Å². The third-order valence-corrected chi connectivity index (χ3v) is 4.71. The number of nitrogens with zero attached hydrogens (tertiary/aromatic N) is 1. The normalized spacial score (nSPS) is 10.9. The van der Waals surface area contributed by atoms with Gasteiger partial charge in [0.15, 0.2) is 0 Å². The van der Waals surface area contributed by atoms with Crippen molar-refractivity contribution in [3.63, 3.8) is 0 Å². The second-order valence-corrected chi connectivity index (χ2v) is 5.60. The van der Waals surface area contributed by atoms with Crippen molar-refractivity contribution in [3.05, 3.63) is 46.8 Å². The maximum Gasteiger partial charge on any atom is 0.127 e. The Hall–Kier alpha value is -1.39. The van der Waals surface area contributed by atoms with Crippen LogP contribution in [0.2, 0.25) is 0 Å². The van der Waals surface area contributed by atoms with Gasteiger partial charge in [-0.2, -0.15) is 4.37 Å². The SMILES string of the molecule is Cc1csc2c(NCc3ccccc3)snc12. The molecule has 0 spiro atoms. The van der Waals surface area contributed by atoms with Crippen LogP contribution in [0.15, 0.2) is 35.7 Å². The molecule has 2 heterocycles. The van der Waals surface area contributed by atoms with Crippen LogP contribution in [-0.4, -0.2) is 4.37 Å². The quantitative estimate of drug-likeness (QED) is 0.760. The maximum atomic E-state index is 4.48. The molecule has 0 saturated heterocycles. The molecule has 86 valence electrons. The second-order valence-electron chi connectivity index (χ2n) is 3.95. The second kappa shape index (κ2) is 4.47. The third-order valence-electron chi connectivity index (χ3n) is 2.67. The Morgan fingerprint density at radius 2 is 2.06 bits per heavy atom. The molecule has 1 aromatic carbocycles. The van der Waals surface area contributed by atoms with E-state index < -0.39 is 0 Å². The fourth-order valence-electron chi connectivity index (χ4n) is 1.74. The summed E-state index contributed by atoms with van der Waals surface area (Å²) < 4.78 is 5.76. The Balaban J connectivity index is 1.81. The molecule has 17 heavy (non-hydrogen) atoms. The number of anilines is 1. The van der Waals surface area contributed by atoms with E-state index in [2.05, 4.69) is 46.3 Å². The molecule has 3 aromatic rings. The number of aromatic nitrogens is 1. The van der Waals surface area contributed by atoms with E-state index in [0.29, 0.717) is 0 Å². The lowest BCUT2D eigenvalue weighted by Gasteiger charge is -2.02. The molecule has 0 aliphatic heterocycles. The Bertz CT molecular complexity index is 625. The zero-order valence-electron chi connectivity index (χ0n) is 9.43. The number of nitrogens with one attached hydrogen (secondary N) is 1. The zero-order chi connectivity index (χ0) is 11.7. The van der Waals surface area contributed by atoms with E-state index in [1.807, 2.05) is 6.07 Å². The van der Waals surface area contributed by atoms with Crippen LogP contribution in [0.4, 0.5) is 5.00 Å². The molecule has 0 radical (unpaired) electrons. The van der Waals surface area contributed by atoms with Crippen LogP contribution in [0, 0.1) is 6.92 Å². The summed E-state index contributed by atoms with van der Waals surface area (Å²) in [5.74, 6) is 0. The number of aryl methyl sites for hydroxylation is 1. The predicted octanol–water partition coefficient (Wildman–Crippen LogP) is 4.28. The molecule has 0 amide bonds. The van der Waals surface area contributed by atoms with Crippen molar-refractivity contribution in [1.29, 1.82) is 0 Å². The van der Waals surface area contributed by atoms with Crippen LogP contribution in [0.25, 0.3) is 10.2 Å². The first-order chi connectivity index (χ1) is 8.34. The molecule has 4 heteroatoms. The van der Waals surface area contributed by atoms with Gasteiger partial charge in [-0.1, -0.05) is 30.3 Å². The van der Waals surface area contributed by atoms with E-state index in [1.165, 1.54) is 20.8 Å². The van der Waals surface area contributed by atoms with Gasteiger partial charge in [0.05, 0.1) is 10.2 Å². The van der Waals surface area contributed by atoms with Crippen molar-refractivity contribution in [2.24, 2.45) is 0 Å². The lowest BCUT2D eigenvalue weighted by atomic mass is 10.2. The molecule has 0 unspecified atom stereocenters. The lowest BCUT2D eigenvalue weighted by Crippen LogP contribution is -1.96. The Morgan fingerprint density at radius 3 is 2.88 bits per heavy atom. The smallest absolute Gasteiger partial charge is 0.127 e. The molecule has 1 N–H and O–H groups in total. The van der Waals surface area contributed by atoms with Gasteiger partial charge in [-0.05, 0) is 35.0 Å². The summed E-state index contributed by atoms with van der Waals surface area (Å²) in [6, 6.07) is 10.4. The van der Waals surface area contributed by atoms with Gasteiger partial charge in [0.1, 0.15) is 5.00 Å². The van der Waals surface area contributed by atoms with Gasteiger partial charge >= 0.3 is 0 Å². The minimum Gasteiger partial charge on any atom is -0.370 e. The lowest BCUT2D eigenvalue weighted by molar-refractivity contribution is 1.17. The van der Waals surface area contributed by atoms with Gasteiger partial charge in [0.25, 0.3) is 0 Å². The molecule has 0 bridgehead atoms. The molecule has 2 nitrogen and oxygen atoms in total. The van der Waals surface area contributed by atoms with Gasteiger partial charge in [0.2, 0.25) is 0 Å². The highest BCUT2D eigenvalue weighted by Gasteiger charge is 2.09. The fraction of sp³-hybridized carbons (Fsp3) is 0.154. The van der Waals surface area contributed by atoms with Gasteiger partial charge in [-0.25, -0.2) is 0 Å². The summed E-state index contributed by atoms with van der Waals surface area (Å²) in [6.07, 6.45) is 0. The van der Waals surface area contributed by atoms with Crippen LogP contribution in [-0.2, 0) is 6.54 Å².